The van der Waals surface area contributed by atoms with Crippen LogP contribution in [-0.4, -0.2) is 9.97 Å². The van der Waals surface area contributed by atoms with E-state index < -0.39 is 58.8 Å². The molecule has 0 aliphatic rings. The number of furan rings is 1. The van der Waals surface area contributed by atoms with E-state index in [4.69, 9.17) is 25.8 Å². The summed E-state index contributed by atoms with van der Waals surface area (Å²) in [5.74, 6) is 0. The van der Waals surface area contributed by atoms with E-state index in [2.05, 4.69) is 19.7 Å². The smallest absolute Gasteiger partial charge is 0.189 e. The summed E-state index contributed by atoms with van der Waals surface area (Å²) in [6.07, 6.45) is 1.44. The standard InChI is InChI=1S/C34H12N8O/c1-39-23-11-19(15-35)9-21(13-23)28(17-37)30-5-3-25-26-7-8-43-34(26)27-4-6-31(42-33(27)32(25)41-30)29(18-38)22-10-20(16-36)12-24(14-22)40-2/h3-14H/b30-28+,31-29+/i9D,10D,11D,12D,13D,14D. The minimum Gasteiger partial charge on any atom is -0.464 e. The minimum absolute atomic E-state index is 0.0522. The van der Waals surface area contributed by atoms with Crippen LogP contribution in [0.1, 0.15) is 30.5 Å². The van der Waals surface area contributed by atoms with Gasteiger partial charge in [0.2, 0.25) is 0 Å². The maximum atomic E-state index is 10.3. The van der Waals surface area contributed by atoms with Crippen LogP contribution in [0.25, 0.3) is 53.6 Å². The molecule has 0 radical (unpaired) electrons. The molecule has 43 heavy (non-hydrogen) atoms. The summed E-state index contributed by atoms with van der Waals surface area (Å²) >= 11 is 0. The van der Waals surface area contributed by atoms with E-state index in [9.17, 15) is 21.0 Å². The third kappa shape index (κ3) is 4.32. The lowest BCUT2D eigenvalue weighted by molar-refractivity contribution is 0.619. The van der Waals surface area contributed by atoms with Crippen LogP contribution in [-0.2, 0) is 0 Å². The van der Waals surface area contributed by atoms with Gasteiger partial charge < -0.3 is 4.42 Å². The first kappa shape index (κ1) is 19.7. The van der Waals surface area contributed by atoms with Crippen molar-refractivity contribution in [1.29, 1.82) is 21.0 Å². The first-order valence-corrected chi connectivity index (χ1v) is 12.1. The molecule has 9 heteroatoms. The van der Waals surface area contributed by atoms with Crippen molar-refractivity contribution in [2.45, 2.75) is 0 Å². The number of aromatic nitrogens is 2. The fourth-order valence-corrected chi connectivity index (χ4v) is 4.56. The first-order chi connectivity index (χ1) is 23.6. The SMILES string of the molecule is [2H]c1c(C#N)c([2H])c(/C(C#N)=c2\ccc3c4ccoc4c4cc/c(=C(/C#N)c5c([2H])c(C#N)c([2H])c([N+]#[C-])c5[2H])nc4c3n2)c([2H])c1[N+]#[C-]. The molecule has 0 saturated carbocycles. The molecule has 6 aromatic rings. The van der Waals surface area contributed by atoms with Crippen molar-refractivity contribution in [2.24, 2.45) is 0 Å². The monoisotopic (exact) mass is 554 g/mol. The van der Waals surface area contributed by atoms with Gasteiger partial charge in [-0.25, -0.2) is 19.7 Å². The van der Waals surface area contributed by atoms with Crippen molar-refractivity contribution in [2.75, 3.05) is 0 Å². The second-order valence-electron chi connectivity index (χ2n) is 8.72. The number of rotatable bonds is 2. The Morgan fingerprint density at radius 2 is 1.19 bits per heavy atom. The molecule has 0 spiro atoms. The highest BCUT2D eigenvalue weighted by Crippen LogP contribution is 2.33. The molecule has 0 bridgehead atoms. The van der Waals surface area contributed by atoms with Crippen LogP contribution < -0.4 is 10.7 Å². The Kier molecular flexibility index (Phi) is 4.75. The van der Waals surface area contributed by atoms with Gasteiger partial charge in [0.1, 0.15) is 23.2 Å². The van der Waals surface area contributed by atoms with E-state index in [1.807, 2.05) is 12.1 Å². The van der Waals surface area contributed by atoms with Gasteiger partial charge in [0.05, 0.1) is 64.4 Å². The van der Waals surface area contributed by atoms with E-state index >= 15 is 0 Å². The van der Waals surface area contributed by atoms with Crippen LogP contribution in [0.3, 0.4) is 0 Å². The zero-order chi connectivity index (χ0) is 35.3. The normalized spacial score (nSPS) is 13.8. The summed E-state index contributed by atoms with van der Waals surface area (Å²) in [6.45, 7) is 14.9. The maximum absolute atomic E-state index is 10.3. The Bertz CT molecular complexity index is 2650. The molecule has 0 fully saturated rings. The molecule has 0 amide bonds. The molecule has 0 saturated heterocycles. The van der Waals surface area contributed by atoms with Crippen molar-refractivity contribution >= 4 is 55.3 Å². The van der Waals surface area contributed by atoms with Gasteiger partial charge in [-0.05, 0) is 77.7 Å². The fourth-order valence-electron chi connectivity index (χ4n) is 4.56. The highest BCUT2D eigenvalue weighted by atomic mass is 16.3. The predicted molar refractivity (Wildman–Crippen MR) is 157 cm³/mol. The van der Waals surface area contributed by atoms with E-state index in [0.717, 1.165) is 0 Å². The molecular formula is C34H12N8O. The number of nitrogens with zero attached hydrogens (tertiary/aromatic N) is 8. The molecule has 0 unspecified atom stereocenters. The van der Waals surface area contributed by atoms with Crippen molar-refractivity contribution in [3.05, 3.63) is 129 Å². The van der Waals surface area contributed by atoms with Gasteiger partial charge in [-0.3, -0.25) is 0 Å². The molecule has 0 aliphatic carbocycles. The number of benzene rings is 3. The lowest BCUT2D eigenvalue weighted by Gasteiger charge is -2.07. The number of hydrogen-bond acceptors (Lipinski definition) is 7. The summed E-state index contributed by atoms with van der Waals surface area (Å²) < 4.78 is 56.2. The largest absolute Gasteiger partial charge is 0.464 e. The Labute approximate surface area is 252 Å². The van der Waals surface area contributed by atoms with Crippen LogP contribution in [0.4, 0.5) is 11.4 Å². The predicted octanol–water partition coefficient (Wildman–Crippen LogP) is 5.82. The minimum atomic E-state index is -0.595. The zero-order valence-corrected chi connectivity index (χ0v) is 21.5. The van der Waals surface area contributed by atoms with Crippen molar-refractivity contribution in [3.8, 4) is 24.3 Å². The number of pyridine rings is 2. The molecule has 6 rings (SSSR count). The average Bonchev–Trinajstić information content (AvgIpc) is 3.59. The first-order valence-electron chi connectivity index (χ1n) is 15.1. The molecule has 3 aromatic carbocycles. The molecule has 194 valence electrons. The Morgan fingerprint density at radius 1 is 0.674 bits per heavy atom. The molecule has 3 heterocycles. The highest BCUT2D eigenvalue weighted by molar-refractivity contribution is 6.21. The van der Waals surface area contributed by atoms with E-state index in [0.29, 0.717) is 21.7 Å². The second kappa shape index (κ2) is 10.4. The van der Waals surface area contributed by atoms with Gasteiger partial charge in [0.25, 0.3) is 0 Å². The number of nitriles is 4. The Morgan fingerprint density at radius 3 is 1.67 bits per heavy atom. The summed E-state index contributed by atoms with van der Waals surface area (Å²) in [5, 5.41) is 41.2. The van der Waals surface area contributed by atoms with Gasteiger partial charge in [-0.1, -0.05) is 0 Å². The average molecular weight is 555 g/mol. The summed E-state index contributed by atoms with van der Waals surface area (Å²) in [7, 11) is 0. The van der Waals surface area contributed by atoms with Crippen LogP contribution in [0, 0.1) is 58.5 Å². The van der Waals surface area contributed by atoms with Gasteiger partial charge in [0, 0.05) is 30.0 Å². The summed E-state index contributed by atoms with van der Waals surface area (Å²) in [6, 6.07) is 11.4. The molecule has 9 nitrogen and oxygen atoms in total. The molecule has 0 atom stereocenters. The van der Waals surface area contributed by atoms with Gasteiger partial charge >= 0.3 is 0 Å². The van der Waals surface area contributed by atoms with Crippen molar-refractivity contribution in [3.63, 3.8) is 0 Å². The third-order valence-electron chi connectivity index (χ3n) is 6.37. The maximum Gasteiger partial charge on any atom is 0.189 e. The lowest BCUT2D eigenvalue weighted by atomic mass is 10.0. The van der Waals surface area contributed by atoms with Crippen LogP contribution >= 0.6 is 0 Å². The van der Waals surface area contributed by atoms with E-state index in [1.165, 1.54) is 18.4 Å². The van der Waals surface area contributed by atoms with Gasteiger partial charge in [0.15, 0.2) is 11.4 Å². The summed E-state index contributed by atoms with van der Waals surface area (Å²) in [4.78, 5) is 15.7. The number of hydrogen-bond donors (Lipinski definition) is 0. The molecule has 0 aliphatic heterocycles. The topological polar surface area (TPSA) is 143 Å². The van der Waals surface area contributed by atoms with Crippen molar-refractivity contribution < 1.29 is 12.6 Å². The van der Waals surface area contributed by atoms with Gasteiger partial charge in [-0.15, -0.1) is 0 Å². The molecule has 0 N–H and O–H groups in total. The Hall–Kier alpha value is -7.30. The van der Waals surface area contributed by atoms with Crippen LogP contribution in [0.15, 0.2) is 77.3 Å². The Balaban J connectivity index is 1.81. The van der Waals surface area contributed by atoms with Crippen molar-refractivity contribution in [1.82, 2.24) is 9.97 Å². The lowest BCUT2D eigenvalue weighted by Crippen LogP contribution is -2.14. The van der Waals surface area contributed by atoms with Gasteiger partial charge in [-0.2, -0.15) is 21.0 Å². The third-order valence-corrected chi connectivity index (χ3v) is 6.37. The molecule has 3 aromatic heterocycles. The molecular weight excluding hydrogens is 536 g/mol. The second-order valence-corrected chi connectivity index (χ2v) is 8.72. The number of fused-ring (bicyclic) bond motifs is 6. The van der Waals surface area contributed by atoms with E-state index in [-0.39, 0.29) is 44.0 Å². The highest BCUT2D eigenvalue weighted by Gasteiger charge is 2.16. The summed E-state index contributed by atoms with van der Waals surface area (Å²) in [5.41, 5.74) is -2.63. The quantitative estimate of drug-likeness (QED) is 0.194. The van der Waals surface area contributed by atoms with Crippen LogP contribution in [0.2, 0.25) is 0 Å². The van der Waals surface area contributed by atoms with E-state index in [1.54, 1.807) is 30.3 Å². The zero-order valence-electron chi connectivity index (χ0n) is 27.5. The van der Waals surface area contributed by atoms with Crippen LogP contribution in [0.5, 0.6) is 0 Å². The fraction of sp³-hybridized carbons (Fsp3) is 0.